The number of rotatable bonds is 2. The average molecular weight is 245 g/mol. The highest BCUT2D eigenvalue weighted by molar-refractivity contribution is 5.20. The molecular formula is C12H15N5O. The van der Waals surface area contributed by atoms with Gasteiger partial charge in [-0.3, -0.25) is 9.69 Å². The zero-order chi connectivity index (χ0) is 12.5. The van der Waals surface area contributed by atoms with E-state index < -0.39 is 0 Å². The minimum atomic E-state index is -0.00758. The van der Waals surface area contributed by atoms with Gasteiger partial charge in [0.15, 0.2) is 0 Å². The van der Waals surface area contributed by atoms with Crippen LogP contribution in [0.3, 0.4) is 0 Å². The van der Waals surface area contributed by atoms with E-state index in [0.29, 0.717) is 12.4 Å². The molecule has 3 heterocycles. The van der Waals surface area contributed by atoms with Crippen LogP contribution in [0.2, 0.25) is 0 Å². The topological polar surface area (TPSA) is 77.7 Å². The monoisotopic (exact) mass is 245 g/mol. The third kappa shape index (κ3) is 2.06. The highest BCUT2D eigenvalue weighted by Gasteiger charge is 2.20. The lowest BCUT2D eigenvalue weighted by atomic mass is 10.1. The number of aromatic nitrogens is 4. The van der Waals surface area contributed by atoms with Gasteiger partial charge in [-0.1, -0.05) is 0 Å². The molecule has 0 radical (unpaired) electrons. The van der Waals surface area contributed by atoms with Gasteiger partial charge in [0.2, 0.25) is 0 Å². The molecule has 2 aromatic heterocycles. The van der Waals surface area contributed by atoms with Gasteiger partial charge in [0.1, 0.15) is 5.82 Å². The summed E-state index contributed by atoms with van der Waals surface area (Å²) < 4.78 is 0. The molecule has 1 aliphatic rings. The molecule has 0 amide bonds. The van der Waals surface area contributed by atoms with Crippen molar-refractivity contribution in [2.45, 2.75) is 26.4 Å². The number of nitrogens with zero attached hydrogens (tertiary/aromatic N) is 3. The van der Waals surface area contributed by atoms with Gasteiger partial charge in [0.05, 0.1) is 17.6 Å². The Morgan fingerprint density at radius 3 is 3.17 bits per heavy atom. The van der Waals surface area contributed by atoms with Gasteiger partial charge in [-0.25, -0.2) is 9.97 Å². The Bertz CT molecular complexity index is 601. The van der Waals surface area contributed by atoms with Crippen molar-refractivity contribution in [3.05, 3.63) is 45.7 Å². The maximum Gasteiger partial charge on any atom is 0.255 e. The summed E-state index contributed by atoms with van der Waals surface area (Å²) >= 11 is 0. The van der Waals surface area contributed by atoms with Crippen molar-refractivity contribution in [1.29, 1.82) is 0 Å². The van der Waals surface area contributed by atoms with Crippen LogP contribution in [0, 0.1) is 6.92 Å². The predicted molar refractivity (Wildman–Crippen MR) is 66.0 cm³/mol. The molecule has 1 aliphatic heterocycles. The summed E-state index contributed by atoms with van der Waals surface area (Å²) in [5.41, 5.74) is 2.80. The molecular weight excluding hydrogens is 230 g/mol. The van der Waals surface area contributed by atoms with Crippen molar-refractivity contribution in [2.75, 3.05) is 6.54 Å². The van der Waals surface area contributed by atoms with Crippen molar-refractivity contribution < 1.29 is 0 Å². The van der Waals surface area contributed by atoms with Crippen LogP contribution in [0.25, 0.3) is 0 Å². The second-order valence-electron chi connectivity index (χ2n) is 4.61. The summed E-state index contributed by atoms with van der Waals surface area (Å²) in [6.07, 6.45) is 4.31. The lowest BCUT2D eigenvalue weighted by Crippen LogP contribution is -2.35. The number of nitrogens with one attached hydrogen (secondary N) is 2. The Labute approximate surface area is 104 Å². The van der Waals surface area contributed by atoms with E-state index in [-0.39, 0.29) is 5.56 Å². The van der Waals surface area contributed by atoms with E-state index in [1.165, 1.54) is 0 Å². The van der Waals surface area contributed by atoms with Crippen molar-refractivity contribution in [3.8, 4) is 0 Å². The van der Waals surface area contributed by atoms with Crippen molar-refractivity contribution in [3.63, 3.8) is 0 Å². The van der Waals surface area contributed by atoms with Gasteiger partial charge in [0.25, 0.3) is 5.56 Å². The van der Waals surface area contributed by atoms with Crippen LogP contribution in [0.15, 0.2) is 17.3 Å². The SMILES string of the molecule is Cc1nc2c(c(=O)[nH]1)CN(Cc1cnc[nH]1)CC2. The second-order valence-corrected chi connectivity index (χ2v) is 4.61. The number of aromatic amines is 2. The summed E-state index contributed by atoms with van der Waals surface area (Å²) in [6.45, 7) is 4.17. The molecule has 0 unspecified atom stereocenters. The number of hydrogen-bond donors (Lipinski definition) is 2. The first-order valence-corrected chi connectivity index (χ1v) is 6.00. The molecule has 0 aromatic carbocycles. The first-order chi connectivity index (χ1) is 8.72. The van der Waals surface area contributed by atoms with Crippen LogP contribution >= 0.6 is 0 Å². The zero-order valence-electron chi connectivity index (χ0n) is 10.2. The Morgan fingerprint density at radius 1 is 1.50 bits per heavy atom. The number of hydrogen-bond acceptors (Lipinski definition) is 4. The normalized spacial score (nSPS) is 15.6. The molecule has 0 atom stereocenters. The van der Waals surface area contributed by atoms with Crippen LogP contribution in [0.4, 0.5) is 0 Å². The van der Waals surface area contributed by atoms with E-state index in [9.17, 15) is 4.79 Å². The number of H-pyrrole nitrogens is 2. The molecule has 0 fully saturated rings. The van der Waals surface area contributed by atoms with Crippen molar-refractivity contribution >= 4 is 0 Å². The molecule has 2 N–H and O–H groups in total. The number of imidazole rings is 1. The molecule has 0 bridgehead atoms. The summed E-state index contributed by atoms with van der Waals surface area (Å²) in [5, 5.41) is 0. The molecule has 6 heteroatoms. The first kappa shape index (κ1) is 11.2. The molecule has 0 saturated heterocycles. The van der Waals surface area contributed by atoms with Gasteiger partial charge in [-0.15, -0.1) is 0 Å². The highest BCUT2D eigenvalue weighted by atomic mass is 16.1. The van der Waals surface area contributed by atoms with Crippen LogP contribution in [0.5, 0.6) is 0 Å². The number of aryl methyl sites for hydroxylation is 1. The van der Waals surface area contributed by atoms with Crippen molar-refractivity contribution in [1.82, 2.24) is 24.8 Å². The molecule has 3 rings (SSSR count). The Kier molecular flexibility index (Phi) is 2.71. The smallest absolute Gasteiger partial charge is 0.255 e. The van der Waals surface area contributed by atoms with E-state index in [2.05, 4.69) is 24.8 Å². The van der Waals surface area contributed by atoms with E-state index in [0.717, 1.165) is 36.5 Å². The molecule has 2 aromatic rings. The van der Waals surface area contributed by atoms with E-state index >= 15 is 0 Å². The largest absolute Gasteiger partial charge is 0.347 e. The second kappa shape index (κ2) is 4.38. The maximum absolute atomic E-state index is 11.9. The fourth-order valence-corrected chi connectivity index (χ4v) is 2.35. The summed E-state index contributed by atoms with van der Waals surface area (Å²) in [6, 6.07) is 0. The lowest BCUT2D eigenvalue weighted by Gasteiger charge is -2.26. The lowest BCUT2D eigenvalue weighted by molar-refractivity contribution is 0.239. The predicted octanol–water partition coefficient (Wildman–Crippen LogP) is 0.360. The summed E-state index contributed by atoms with van der Waals surface area (Å²) in [7, 11) is 0. The third-order valence-electron chi connectivity index (χ3n) is 3.21. The number of fused-ring (bicyclic) bond motifs is 1. The van der Waals surface area contributed by atoms with Gasteiger partial charge in [-0.2, -0.15) is 0 Å². The fourth-order valence-electron chi connectivity index (χ4n) is 2.35. The van der Waals surface area contributed by atoms with Gasteiger partial charge < -0.3 is 9.97 Å². The first-order valence-electron chi connectivity index (χ1n) is 6.00. The summed E-state index contributed by atoms with van der Waals surface area (Å²) in [5.74, 6) is 0.695. The van der Waals surface area contributed by atoms with Gasteiger partial charge >= 0.3 is 0 Å². The van der Waals surface area contributed by atoms with Crippen LogP contribution in [-0.4, -0.2) is 31.4 Å². The molecule has 6 nitrogen and oxygen atoms in total. The fraction of sp³-hybridized carbons (Fsp3) is 0.417. The Morgan fingerprint density at radius 2 is 2.39 bits per heavy atom. The van der Waals surface area contributed by atoms with Crippen LogP contribution < -0.4 is 5.56 Å². The maximum atomic E-state index is 11.9. The van der Waals surface area contributed by atoms with E-state index in [1.807, 2.05) is 13.1 Å². The highest BCUT2D eigenvalue weighted by Crippen LogP contribution is 2.15. The Hall–Kier alpha value is -1.95. The van der Waals surface area contributed by atoms with Gasteiger partial charge in [-0.05, 0) is 6.92 Å². The van der Waals surface area contributed by atoms with Gasteiger partial charge in [0, 0.05) is 37.9 Å². The zero-order valence-corrected chi connectivity index (χ0v) is 10.2. The standard InChI is InChI=1S/C12H15N5O/c1-8-15-11-2-3-17(5-9-4-13-7-14-9)6-10(11)12(18)16-8/h4,7H,2-3,5-6H2,1H3,(H,13,14)(H,15,16,18). The average Bonchev–Trinajstić information content (AvgIpc) is 2.83. The summed E-state index contributed by atoms with van der Waals surface area (Å²) in [4.78, 5) is 28.4. The molecule has 0 spiro atoms. The van der Waals surface area contributed by atoms with Crippen molar-refractivity contribution in [2.24, 2.45) is 0 Å². The molecule has 18 heavy (non-hydrogen) atoms. The van der Waals surface area contributed by atoms with Crippen LogP contribution in [-0.2, 0) is 19.5 Å². The van der Waals surface area contributed by atoms with E-state index in [4.69, 9.17) is 0 Å². The Balaban J connectivity index is 1.83. The molecule has 94 valence electrons. The third-order valence-corrected chi connectivity index (χ3v) is 3.21. The minimum absolute atomic E-state index is 0.00758. The van der Waals surface area contributed by atoms with Crippen LogP contribution in [0.1, 0.15) is 22.8 Å². The molecule has 0 aliphatic carbocycles. The molecule has 0 saturated carbocycles. The van der Waals surface area contributed by atoms with E-state index in [1.54, 1.807) is 6.33 Å². The quantitative estimate of drug-likeness (QED) is 0.800. The minimum Gasteiger partial charge on any atom is -0.347 e.